The lowest BCUT2D eigenvalue weighted by Gasteiger charge is -2.15. The minimum absolute atomic E-state index is 0.152. The van der Waals surface area contributed by atoms with Crippen LogP contribution >= 0.6 is 0 Å². The van der Waals surface area contributed by atoms with E-state index in [0.29, 0.717) is 0 Å². The van der Waals surface area contributed by atoms with Gasteiger partial charge in [0.25, 0.3) is 0 Å². The Kier molecular flexibility index (Phi) is 6.15. The molecule has 0 spiro atoms. The summed E-state index contributed by atoms with van der Waals surface area (Å²) in [4.78, 5) is 4.47. The van der Waals surface area contributed by atoms with Crippen molar-refractivity contribution in [2.75, 3.05) is 13.2 Å². The van der Waals surface area contributed by atoms with Crippen LogP contribution in [0.5, 0.6) is 0 Å². The first-order valence-corrected chi connectivity index (χ1v) is 6.51. The van der Waals surface area contributed by atoms with E-state index in [1.807, 2.05) is 11.6 Å². The summed E-state index contributed by atoms with van der Waals surface area (Å²) in [6.07, 6.45) is 2.65. The summed E-state index contributed by atoms with van der Waals surface area (Å²) < 4.78 is 1.97. The van der Waals surface area contributed by atoms with Gasteiger partial charge in [-0.05, 0) is 13.0 Å². The predicted molar refractivity (Wildman–Crippen MR) is 67.9 cm³/mol. The van der Waals surface area contributed by atoms with Crippen molar-refractivity contribution in [2.45, 2.75) is 52.6 Å². The second-order valence-electron chi connectivity index (χ2n) is 4.10. The van der Waals surface area contributed by atoms with Gasteiger partial charge in [0.05, 0.1) is 6.61 Å². The van der Waals surface area contributed by atoms with Gasteiger partial charge in [-0.3, -0.25) is 0 Å². The number of hydrogen-bond donors (Lipinski definition) is 2. The summed E-state index contributed by atoms with van der Waals surface area (Å²) in [5.41, 5.74) is 0. The number of nitrogens with zero attached hydrogens (tertiary/aromatic N) is 3. The summed E-state index contributed by atoms with van der Waals surface area (Å²) in [7, 11) is 0. The number of aliphatic hydroxyl groups is 1. The molecule has 1 aromatic heterocycles. The molecule has 0 saturated heterocycles. The Balaban J connectivity index is 2.57. The van der Waals surface area contributed by atoms with Crippen molar-refractivity contribution in [3.8, 4) is 0 Å². The van der Waals surface area contributed by atoms with E-state index >= 15 is 0 Å². The number of hydrogen-bond acceptors (Lipinski definition) is 4. The number of aliphatic hydroxyl groups excluding tert-OH is 1. The molecule has 0 aliphatic carbocycles. The molecule has 2 N–H and O–H groups in total. The molecular weight excluding hydrogens is 216 g/mol. The zero-order valence-corrected chi connectivity index (χ0v) is 11.1. The highest BCUT2D eigenvalue weighted by atomic mass is 16.3. The van der Waals surface area contributed by atoms with E-state index in [1.54, 1.807) is 0 Å². The second kappa shape index (κ2) is 7.40. The largest absolute Gasteiger partial charge is 0.395 e. The highest BCUT2D eigenvalue weighted by Crippen LogP contribution is 2.03. The van der Waals surface area contributed by atoms with Crippen LogP contribution in [0.15, 0.2) is 0 Å². The fourth-order valence-corrected chi connectivity index (χ4v) is 1.84. The fraction of sp³-hybridized carbons (Fsp3) is 0.833. The van der Waals surface area contributed by atoms with Crippen LogP contribution in [0, 0.1) is 0 Å². The molecule has 0 bridgehead atoms. The van der Waals surface area contributed by atoms with Gasteiger partial charge < -0.3 is 10.4 Å². The van der Waals surface area contributed by atoms with E-state index in [4.69, 9.17) is 0 Å². The van der Waals surface area contributed by atoms with Crippen LogP contribution in [-0.2, 0) is 19.4 Å². The Morgan fingerprint density at radius 3 is 2.59 bits per heavy atom. The molecule has 1 aromatic rings. The SMILES string of the molecule is CCNC(CO)CCn1nc(CC)nc1CC. The summed E-state index contributed by atoms with van der Waals surface area (Å²) in [5.74, 6) is 1.95. The molecule has 0 fully saturated rings. The fourth-order valence-electron chi connectivity index (χ4n) is 1.84. The molecule has 1 unspecified atom stereocenters. The zero-order valence-electron chi connectivity index (χ0n) is 11.1. The van der Waals surface area contributed by atoms with E-state index in [0.717, 1.165) is 44.0 Å². The van der Waals surface area contributed by atoms with Gasteiger partial charge in [0.2, 0.25) is 0 Å². The highest BCUT2D eigenvalue weighted by molar-refractivity contribution is 4.92. The van der Waals surface area contributed by atoms with Gasteiger partial charge in [0.15, 0.2) is 5.82 Å². The molecule has 0 radical (unpaired) electrons. The standard InChI is InChI=1S/C12H24N4O/c1-4-11-14-12(5-2)16(15-11)8-7-10(9-17)13-6-3/h10,13,17H,4-9H2,1-3H3. The van der Waals surface area contributed by atoms with E-state index < -0.39 is 0 Å². The topological polar surface area (TPSA) is 63.0 Å². The Morgan fingerprint density at radius 1 is 1.29 bits per heavy atom. The molecule has 1 rings (SSSR count). The molecule has 0 aliphatic heterocycles. The van der Waals surface area contributed by atoms with Crippen molar-refractivity contribution >= 4 is 0 Å². The third-order valence-corrected chi connectivity index (χ3v) is 2.83. The zero-order chi connectivity index (χ0) is 12.7. The second-order valence-corrected chi connectivity index (χ2v) is 4.10. The number of nitrogens with one attached hydrogen (secondary N) is 1. The van der Waals surface area contributed by atoms with Crippen LogP contribution in [-0.4, -0.2) is 39.1 Å². The number of rotatable bonds is 8. The molecule has 98 valence electrons. The summed E-state index contributed by atoms with van der Waals surface area (Å²) in [6, 6.07) is 0.152. The molecule has 5 heteroatoms. The Hall–Kier alpha value is -0.940. The monoisotopic (exact) mass is 240 g/mol. The van der Waals surface area contributed by atoms with Crippen LogP contribution in [0.1, 0.15) is 38.8 Å². The molecule has 5 nitrogen and oxygen atoms in total. The lowest BCUT2D eigenvalue weighted by molar-refractivity contribution is 0.231. The lowest BCUT2D eigenvalue weighted by Crippen LogP contribution is -2.33. The van der Waals surface area contributed by atoms with Crippen LogP contribution in [0.25, 0.3) is 0 Å². The van der Waals surface area contributed by atoms with Crippen molar-refractivity contribution in [2.24, 2.45) is 0 Å². The van der Waals surface area contributed by atoms with Crippen LogP contribution in [0.3, 0.4) is 0 Å². The first-order valence-electron chi connectivity index (χ1n) is 6.51. The Labute approximate surface area is 103 Å². The Morgan fingerprint density at radius 2 is 2.06 bits per heavy atom. The first-order chi connectivity index (χ1) is 8.24. The van der Waals surface area contributed by atoms with E-state index in [2.05, 4.69) is 29.2 Å². The van der Waals surface area contributed by atoms with Crippen molar-refractivity contribution in [1.82, 2.24) is 20.1 Å². The first kappa shape index (κ1) is 14.1. The molecule has 1 atom stereocenters. The van der Waals surface area contributed by atoms with Gasteiger partial charge in [0, 0.05) is 25.4 Å². The molecule has 0 aromatic carbocycles. The van der Waals surface area contributed by atoms with Gasteiger partial charge in [-0.15, -0.1) is 0 Å². The third kappa shape index (κ3) is 4.09. The average molecular weight is 240 g/mol. The lowest BCUT2D eigenvalue weighted by atomic mass is 10.2. The van der Waals surface area contributed by atoms with Crippen molar-refractivity contribution < 1.29 is 5.11 Å². The van der Waals surface area contributed by atoms with Crippen LogP contribution in [0.2, 0.25) is 0 Å². The van der Waals surface area contributed by atoms with Crippen LogP contribution < -0.4 is 5.32 Å². The van der Waals surface area contributed by atoms with Crippen molar-refractivity contribution in [3.05, 3.63) is 11.6 Å². The van der Waals surface area contributed by atoms with Gasteiger partial charge in [-0.2, -0.15) is 5.10 Å². The maximum Gasteiger partial charge on any atom is 0.150 e. The minimum Gasteiger partial charge on any atom is -0.395 e. The molecule has 0 aliphatic rings. The van der Waals surface area contributed by atoms with Gasteiger partial charge in [0.1, 0.15) is 5.82 Å². The maximum atomic E-state index is 9.21. The maximum absolute atomic E-state index is 9.21. The highest BCUT2D eigenvalue weighted by Gasteiger charge is 2.10. The van der Waals surface area contributed by atoms with Gasteiger partial charge in [-0.1, -0.05) is 20.8 Å². The average Bonchev–Trinajstić information content (AvgIpc) is 2.76. The van der Waals surface area contributed by atoms with E-state index in [1.165, 1.54) is 0 Å². The molecule has 0 saturated carbocycles. The van der Waals surface area contributed by atoms with E-state index in [9.17, 15) is 5.11 Å². The number of aryl methyl sites for hydroxylation is 3. The predicted octanol–water partition coefficient (Wildman–Crippen LogP) is 0.763. The van der Waals surface area contributed by atoms with Gasteiger partial charge in [-0.25, -0.2) is 9.67 Å². The molecule has 1 heterocycles. The van der Waals surface area contributed by atoms with E-state index in [-0.39, 0.29) is 12.6 Å². The molecule has 17 heavy (non-hydrogen) atoms. The minimum atomic E-state index is 0.152. The summed E-state index contributed by atoms with van der Waals surface area (Å²) in [5, 5.41) is 16.9. The normalized spacial score (nSPS) is 12.9. The smallest absolute Gasteiger partial charge is 0.150 e. The van der Waals surface area contributed by atoms with Crippen molar-refractivity contribution in [3.63, 3.8) is 0 Å². The Bertz CT molecular complexity index is 324. The third-order valence-electron chi connectivity index (χ3n) is 2.83. The summed E-state index contributed by atoms with van der Waals surface area (Å²) in [6.45, 7) is 8.06. The molecular formula is C12H24N4O. The van der Waals surface area contributed by atoms with Crippen molar-refractivity contribution in [1.29, 1.82) is 0 Å². The molecule has 0 amide bonds. The quantitative estimate of drug-likeness (QED) is 0.704. The van der Waals surface area contributed by atoms with Gasteiger partial charge >= 0.3 is 0 Å². The summed E-state index contributed by atoms with van der Waals surface area (Å²) >= 11 is 0. The van der Waals surface area contributed by atoms with Crippen LogP contribution in [0.4, 0.5) is 0 Å². The number of aromatic nitrogens is 3. The number of likely N-dealkylation sites (N-methyl/N-ethyl adjacent to an activating group) is 1.